The summed E-state index contributed by atoms with van der Waals surface area (Å²) in [5.74, 6) is -0.348. The molecule has 0 aliphatic carbocycles. The number of rotatable bonds is 15. The molecule has 0 bridgehead atoms. The van der Waals surface area contributed by atoms with Crippen LogP contribution in [0.2, 0.25) is 0 Å². The third-order valence-electron chi connectivity index (χ3n) is 6.36. The van der Waals surface area contributed by atoms with Crippen molar-refractivity contribution in [1.82, 2.24) is 16.2 Å². The van der Waals surface area contributed by atoms with Crippen molar-refractivity contribution >= 4 is 29.2 Å². The summed E-state index contributed by atoms with van der Waals surface area (Å²) in [6, 6.07) is 14.5. The lowest BCUT2D eigenvalue weighted by Gasteiger charge is -2.29. The van der Waals surface area contributed by atoms with E-state index in [0.29, 0.717) is 18.4 Å². The minimum Gasteiger partial charge on any atom is -0.346 e. The van der Waals surface area contributed by atoms with Gasteiger partial charge in [0, 0.05) is 30.6 Å². The Hall–Kier alpha value is -3.52. The van der Waals surface area contributed by atoms with Crippen molar-refractivity contribution in [2.75, 3.05) is 11.9 Å². The molecule has 2 rings (SSSR count). The number of carbonyl (C=O) groups is 4. The molecule has 1 unspecified atom stereocenters. The second kappa shape index (κ2) is 15.8. The summed E-state index contributed by atoms with van der Waals surface area (Å²) < 4.78 is 0. The average Bonchev–Trinajstić information content (AvgIpc) is 2.89. The highest BCUT2D eigenvalue weighted by Gasteiger charge is 2.29. The lowest BCUT2D eigenvalue weighted by atomic mass is 9.84. The van der Waals surface area contributed by atoms with E-state index in [2.05, 4.69) is 21.5 Å². The van der Waals surface area contributed by atoms with E-state index in [0.717, 1.165) is 55.5 Å². The predicted octanol–water partition coefficient (Wildman–Crippen LogP) is 5.40. The minimum atomic E-state index is -0.477. The van der Waals surface area contributed by atoms with E-state index in [9.17, 15) is 19.2 Å². The standard InChI is InChI=1S/C31H44N4O4/c1-6-21-32-35-30(39)25-15-13-23(14-16-25)24-17-19-26(20-18-24)33-27(37)11-9-7-8-10-12-28(38)34-29(22(2)36)31(3,4)5/h13-20,29,32H,6-12,21H2,1-5H3,(H,33,37)(H,34,38)(H,35,39). The Balaban J connectivity index is 1.69. The van der Waals surface area contributed by atoms with Crippen LogP contribution in [0.1, 0.15) is 89.9 Å². The molecule has 0 spiro atoms. The van der Waals surface area contributed by atoms with Gasteiger partial charge in [0.15, 0.2) is 5.78 Å². The monoisotopic (exact) mass is 536 g/mol. The maximum Gasteiger partial charge on any atom is 0.265 e. The van der Waals surface area contributed by atoms with E-state index >= 15 is 0 Å². The predicted molar refractivity (Wildman–Crippen MR) is 156 cm³/mol. The number of amides is 3. The summed E-state index contributed by atoms with van der Waals surface area (Å²) in [6.45, 7) is 10.1. The topological polar surface area (TPSA) is 116 Å². The molecule has 1 atom stereocenters. The first-order valence-corrected chi connectivity index (χ1v) is 13.8. The smallest absolute Gasteiger partial charge is 0.265 e. The van der Waals surface area contributed by atoms with E-state index in [4.69, 9.17) is 0 Å². The lowest BCUT2D eigenvalue weighted by molar-refractivity contribution is -0.129. The molecular weight excluding hydrogens is 492 g/mol. The number of ketones is 1. The molecule has 0 heterocycles. The molecule has 2 aromatic carbocycles. The number of hydrazine groups is 1. The van der Waals surface area contributed by atoms with Gasteiger partial charge in [-0.3, -0.25) is 24.6 Å². The van der Waals surface area contributed by atoms with Crippen LogP contribution in [-0.4, -0.2) is 36.1 Å². The van der Waals surface area contributed by atoms with Crippen molar-refractivity contribution in [2.24, 2.45) is 5.41 Å². The van der Waals surface area contributed by atoms with Gasteiger partial charge in [-0.15, -0.1) is 0 Å². The number of Topliss-reactive ketones (excluding diaryl/α,β-unsaturated/α-hetero) is 1. The Bertz CT molecular complexity index is 1090. The van der Waals surface area contributed by atoms with Gasteiger partial charge < -0.3 is 10.6 Å². The molecule has 0 radical (unpaired) electrons. The van der Waals surface area contributed by atoms with Crippen LogP contribution in [0.5, 0.6) is 0 Å². The van der Waals surface area contributed by atoms with Crippen LogP contribution in [-0.2, 0) is 14.4 Å². The van der Waals surface area contributed by atoms with Gasteiger partial charge in [0.1, 0.15) is 0 Å². The average molecular weight is 537 g/mol. The van der Waals surface area contributed by atoms with E-state index in [-0.39, 0.29) is 28.9 Å². The summed E-state index contributed by atoms with van der Waals surface area (Å²) in [4.78, 5) is 48.5. The molecule has 0 aliphatic heterocycles. The van der Waals surface area contributed by atoms with Crippen LogP contribution in [0.3, 0.4) is 0 Å². The molecule has 2 aromatic rings. The van der Waals surface area contributed by atoms with Crippen molar-refractivity contribution in [1.29, 1.82) is 0 Å². The molecule has 212 valence electrons. The highest BCUT2D eigenvalue weighted by molar-refractivity contribution is 5.94. The Labute approximate surface area is 232 Å². The molecular formula is C31H44N4O4. The zero-order valence-electron chi connectivity index (χ0n) is 24.0. The Morgan fingerprint density at radius 3 is 1.82 bits per heavy atom. The van der Waals surface area contributed by atoms with Crippen molar-refractivity contribution in [2.45, 2.75) is 85.6 Å². The molecule has 0 aromatic heterocycles. The van der Waals surface area contributed by atoms with E-state index in [1.165, 1.54) is 6.92 Å². The first kappa shape index (κ1) is 31.7. The molecule has 0 saturated heterocycles. The third kappa shape index (κ3) is 11.4. The van der Waals surface area contributed by atoms with Gasteiger partial charge >= 0.3 is 0 Å². The Morgan fingerprint density at radius 2 is 1.31 bits per heavy atom. The highest BCUT2D eigenvalue weighted by atomic mass is 16.2. The van der Waals surface area contributed by atoms with Gasteiger partial charge in [-0.2, -0.15) is 0 Å². The Kier molecular flexibility index (Phi) is 12.8. The first-order chi connectivity index (χ1) is 18.5. The molecule has 0 fully saturated rings. The van der Waals surface area contributed by atoms with Gasteiger partial charge in [-0.05, 0) is 67.0 Å². The minimum absolute atomic E-state index is 0.0351. The number of carbonyl (C=O) groups excluding carboxylic acids is 4. The molecule has 8 heteroatoms. The van der Waals surface area contributed by atoms with Gasteiger partial charge in [0.25, 0.3) is 5.91 Å². The summed E-state index contributed by atoms with van der Waals surface area (Å²) in [6.07, 6.45) is 4.91. The number of nitrogens with one attached hydrogen (secondary N) is 4. The quantitative estimate of drug-likeness (QED) is 0.180. The van der Waals surface area contributed by atoms with Gasteiger partial charge in [-0.1, -0.05) is 64.8 Å². The fourth-order valence-corrected chi connectivity index (χ4v) is 4.21. The van der Waals surface area contributed by atoms with Crippen molar-refractivity contribution < 1.29 is 19.2 Å². The summed E-state index contributed by atoms with van der Waals surface area (Å²) in [5, 5.41) is 5.78. The SMILES string of the molecule is CCCNNC(=O)c1ccc(-c2ccc(NC(=O)CCCCCCC(=O)NC(C(C)=O)C(C)(C)C)cc2)cc1. The number of benzene rings is 2. The molecule has 3 amide bonds. The second-order valence-electron chi connectivity index (χ2n) is 11.0. The van der Waals surface area contributed by atoms with Crippen LogP contribution in [0, 0.1) is 5.41 Å². The van der Waals surface area contributed by atoms with E-state index in [1.807, 2.05) is 64.1 Å². The summed E-state index contributed by atoms with van der Waals surface area (Å²) >= 11 is 0. The first-order valence-electron chi connectivity index (χ1n) is 13.8. The van der Waals surface area contributed by atoms with Gasteiger partial charge in [-0.25, -0.2) is 5.43 Å². The Morgan fingerprint density at radius 1 is 0.769 bits per heavy atom. The fraction of sp³-hybridized carbons (Fsp3) is 0.484. The van der Waals surface area contributed by atoms with Crippen molar-refractivity contribution in [3.05, 3.63) is 54.1 Å². The van der Waals surface area contributed by atoms with Crippen LogP contribution in [0.25, 0.3) is 11.1 Å². The summed E-state index contributed by atoms with van der Waals surface area (Å²) in [7, 11) is 0. The second-order valence-corrected chi connectivity index (χ2v) is 11.0. The lowest BCUT2D eigenvalue weighted by Crippen LogP contribution is -2.48. The van der Waals surface area contributed by atoms with Crippen LogP contribution in [0.15, 0.2) is 48.5 Å². The third-order valence-corrected chi connectivity index (χ3v) is 6.36. The molecule has 4 N–H and O–H groups in total. The van der Waals surface area contributed by atoms with Crippen LogP contribution in [0.4, 0.5) is 5.69 Å². The van der Waals surface area contributed by atoms with E-state index in [1.54, 1.807) is 12.1 Å². The van der Waals surface area contributed by atoms with Gasteiger partial charge in [0.05, 0.1) is 6.04 Å². The number of unbranched alkanes of at least 4 members (excludes halogenated alkanes) is 3. The number of anilines is 1. The summed E-state index contributed by atoms with van der Waals surface area (Å²) in [5.41, 5.74) is 8.53. The molecule has 0 aliphatic rings. The van der Waals surface area contributed by atoms with E-state index < -0.39 is 6.04 Å². The number of hydrogen-bond acceptors (Lipinski definition) is 5. The van der Waals surface area contributed by atoms with Crippen molar-refractivity contribution in [3.63, 3.8) is 0 Å². The largest absolute Gasteiger partial charge is 0.346 e. The molecule has 8 nitrogen and oxygen atoms in total. The maximum absolute atomic E-state index is 12.3. The maximum atomic E-state index is 12.3. The number of hydrogen-bond donors (Lipinski definition) is 4. The van der Waals surface area contributed by atoms with Crippen LogP contribution < -0.4 is 21.5 Å². The zero-order valence-corrected chi connectivity index (χ0v) is 24.0. The normalized spacial score (nSPS) is 11.9. The van der Waals surface area contributed by atoms with Crippen molar-refractivity contribution in [3.8, 4) is 11.1 Å². The van der Waals surface area contributed by atoms with Crippen LogP contribution >= 0.6 is 0 Å². The molecule has 39 heavy (non-hydrogen) atoms. The molecule has 0 saturated carbocycles. The van der Waals surface area contributed by atoms with Gasteiger partial charge in [0.2, 0.25) is 11.8 Å². The highest BCUT2D eigenvalue weighted by Crippen LogP contribution is 2.23. The zero-order chi connectivity index (χ0) is 28.8. The fourth-order valence-electron chi connectivity index (χ4n) is 4.21.